The summed E-state index contributed by atoms with van der Waals surface area (Å²) in [6, 6.07) is 1.93. The molecule has 0 unspecified atom stereocenters. The van der Waals surface area contributed by atoms with E-state index in [2.05, 4.69) is 11.6 Å². The molecule has 0 saturated heterocycles. The smallest absolute Gasteiger partial charge is 0.213 e. The molecule has 0 saturated carbocycles. The van der Waals surface area contributed by atoms with Gasteiger partial charge in [-0.05, 0) is 0 Å². The first-order valence-electron chi connectivity index (χ1n) is 2.98. The summed E-state index contributed by atoms with van der Waals surface area (Å²) in [4.78, 5) is 3.79. The molecule has 1 aromatic heterocycles. The molecular formula is C7H6ClN3. The van der Waals surface area contributed by atoms with Crippen molar-refractivity contribution in [2.75, 3.05) is 0 Å². The van der Waals surface area contributed by atoms with Crippen molar-refractivity contribution >= 4 is 11.6 Å². The fourth-order valence-electron chi connectivity index (χ4n) is 0.735. The number of rotatable bonds is 2. The van der Waals surface area contributed by atoms with Crippen molar-refractivity contribution in [3.05, 3.63) is 29.8 Å². The number of hydrogen-bond acceptors (Lipinski definition) is 2. The number of nitrogens with zero attached hydrogens (tertiary/aromatic N) is 3. The van der Waals surface area contributed by atoms with E-state index in [9.17, 15) is 0 Å². The van der Waals surface area contributed by atoms with Crippen LogP contribution in [0.5, 0.6) is 0 Å². The summed E-state index contributed by atoms with van der Waals surface area (Å²) < 4.78 is 1.63. The molecule has 0 N–H and O–H groups in total. The number of imidazole rings is 1. The third-order valence-corrected chi connectivity index (χ3v) is 1.28. The molecule has 0 aliphatic carbocycles. The molecule has 0 aromatic carbocycles. The minimum absolute atomic E-state index is 0.354. The third-order valence-electron chi connectivity index (χ3n) is 1.16. The van der Waals surface area contributed by atoms with Gasteiger partial charge in [-0.15, -0.1) is 0 Å². The lowest BCUT2D eigenvalue weighted by Gasteiger charge is -1.98. The molecule has 4 heteroatoms. The van der Waals surface area contributed by atoms with Gasteiger partial charge in [-0.25, -0.2) is 4.98 Å². The highest BCUT2D eigenvalue weighted by Crippen LogP contribution is 2.03. The molecule has 0 aliphatic heterocycles. The molecule has 0 fully saturated rings. The highest BCUT2D eigenvalue weighted by atomic mass is 35.5. The van der Waals surface area contributed by atoms with Gasteiger partial charge < -0.3 is 4.57 Å². The Morgan fingerprint density at radius 1 is 1.91 bits per heavy atom. The van der Waals surface area contributed by atoms with E-state index in [0.717, 1.165) is 0 Å². The second-order valence-corrected chi connectivity index (χ2v) is 2.54. The third kappa shape index (κ3) is 1.82. The first kappa shape index (κ1) is 7.83. The number of allylic oxidation sites excluding steroid dienone is 1. The lowest BCUT2D eigenvalue weighted by Crippen LogP contribution is -1.98. The van der Waals surface area contributed by atoms with Gasteiger partial charge in [0.15, 0.2) is 0 Å². The topological polar surface area (TPSA) is 41.6 Å². The quantitative estimate of drug-likeness (QED) is 0.670. The molecule has 1 aromatic rings. The zero-order chi connectivity index (χ0) is 8.27. The van der Waals surface area contributed by atoms with Crippen molar-refractivity contribution in [2.24, 2.45) is 0 Å². The van der Waals surface area contributed by atoms with Crippen molar-refractivity contribution in [3.63, 3.8) is 0 Å². The minimum Gasteiger partial charge on any atom is -0.317 e. The molecule has 11 heavy (non-hydrogen) atoms. The van der Waals surface area contributed by atoms with Gasteiger partial charge in [0.2, 0.25) is 5.82 Å². The monoisotopic (exact) mass is 167 g/mol. The molecule has 0 spiro atoms. The second kappa shape index (κ2) is 3.22. The molecule has 0 bridgehead atoms. The van der Waals surface area contributed by atoms with E-state index in [1.165, 1.54) is 0 Å². The lowest BCUT2D eigenvalue weighted by atomic mass is 10.5. The van der Waals surface area contributed by atoms with Crippen LogP contribution in [-0.2, 0) is 6.54 Å². The summed E-state index contributed by atoms with van der Waals surface area (Å²) in [5, 5.41) is 9.00. The maximum Gasteiger partial charge on any atom is 0.213 e. The SMILES string of the molecule is C=C(Cl)Cn1ccnc1C#N. The predicted octanol–water partition coefficient (Wildman–Crippen LogP) is 1.51. The fourth-order valence-corrected chi connectivity index (χ4v) is 0.863. The van der Waals surface area contributed by atoms with Crippen LogP contribution in [0.2, 0.25) is 0 Å². The van der Waals surface area contributed by atoms with Gasteiger partial charge in [-0.1, -0.05) is 18.2 Å². The summed E-state index contributed by atoms with van der Waals surface area (Å²) >= 11 is 5.55. The number of aromatic nitrogens is 2. The van der Waals surface area contributed by atoms with Crippen LogP contribution in [-0.4, -0.2) is 9.55 Å². The maximum absolute atomic E-state index is 8.51. The zero-order valence-corrected chi connectivity index (χ0v) is 6.54. The Balaban J connectivity index is 2.87. The predicted molar refractivity (Wildman–Crippen MR) is 41.9 cm³/mol. The Bertz CT molecular complexity index is 308. The van der Waals surface area contributed by atoms with E-state index < -0.39 is 0 Å². The second-order valence-electron chi connectivity index (χ2n) is 2.01. The van der Waals surface area contributed by atoms with Gasteiger partial charge in [0, 0.05) is 17.4 Å². The Labute approximate surface area is 69.5 Å². The first-order chi connectivity index (χ1) is 5.24. The van der Waals surface area contributed by atoms with Gasteiger partial charge in [0.05, 0.1) is 6.54 Å². The van der Waals surface area contributed by atoms with Crippen LogP contribution in [0.1, 0.15) is 5.82 Å². The van der Waals surface area contributed by atoms with Gasteiger partial charge in [-0.3, -0.25) is 0 Å². The molecule has 1 rings (SSSR count). The molecule has 56 valence electrons. The molecule has 0 amide bonds. The summed E-state index contributed by atoms with van der Waals surface area (Å²) in [7, 11) is 0. The van der Waals surface area contributed by atoms with Gasteiger partial charge in [0.25, 0.3) is 0 Å². The van der Waals surface area contributed by atoms with E-state index in [1.54, 1.807) is 17.0 Å². The van der Waals surface area contributed by atoms with Crippen molar-refractivity contribution in [1.29, 1.82) is 5.26 Å². The van der Waals surface area contributed by atoms with E-state index in [4.69, 9.17) is 16.9 Å². The Hall–Kier alpha value is -1.27. The largest absolute Gasteiger partial charge is 0.317 e. The van der Waals surface area contributed by atoms with E-state index in [0.29, 0.717) is 17.4 Å². The van der Waals surface area contributed by atoms with Gasteiger partial charge in [0.1, 0.15) is 6.07 Å². The maximum atomic E-state index is 8.51. The fraction of sp³-hybridized carbons (Fsp3) is 0.143. The van der Waals surface area contributed by atoms with Crippen LogP contribution in [0.4, 0.5) is 0 Å². The summed E-state index contributed by atoms with van der Waals surface area (Å²) in [5.74, 6) is 0.354. The molecular weight excluding hydrogens is 162 g/mol. The average molecular weight is 168 g/mol. The number of halogens is 1. The lowest BCUT2D eigenvalue weighted by molar-refractivity contribution is 0.795. The average Bonchev–Trinajstić information content (AvgIpc) is 2.34. The normalized spacial score (nSPS) is 9.09. The zero-order valence-electron chi connectivity index (χ0n) is 5.79. The Kier molecular flexibility index (Phi) is 2.29. The van der Waals surface area contributed by atoms with E-state index in [1.807, 2.05) is 6.07 Å². The summed E-state index contributed by atoms with van der Waals surface area (Å²) in [5.41, 5.74) is 0. The van der Waals surface area contributed by atoms with Gasteiger partial charge in [-0.2, -0.15) is 5.26 Å². The molecule has 0 atom stereocenters. The van der Waals surface area contributed by atoms with Crippen LogP contribution >= 0.6 is 11.6 Å². The Morgan fingerprint density at radius 3 is 3.18 bits per heavy atom. The number of nitriles is 1. The van der Waals surface area contributed by atoms with Crippen LogP contribution < -0.4 is 0 Å². The summed E-state index contributed by atoms with van der Waals surface area (Å²) in [6.45, 7) is 3.95. The van der Waals surface area contributed by atoms with Crippen molar-refractivity contribution in [2.45, 2.75) is 6.54 Å². The van der Waals surface area contributed by atoms with Crippen LogP contribution in [0.15, 0.2) is 24.0 Å². The molecule has 0 radical (unpaired) electrons. The van der Waals surface area contributed by atoms with Gasteiger partial charge >= 0.3 is 0 Å². The first-order valence-corrected chi connectivity index (χ1v) is 3.36. The molecule has 1 heterocycles. The number of hydrogen-bond donors (Lipinski definition) is 0. The Morgan fingerprint density at radius 2 is 2.64 bits per heavy atom. The van der Waals surface area contributed by atoms with Crippen molar-refractivity contribution in [1.82, 2.24) is 9.55 Å². The molecule has 0 aliphatic rings. The van der Waals surface area contributed by atoms with Crippen molar-refractivity contribution < 1.29 is 0 Å². The van der Waals surface area contributed by atoms with Crippen LogP contribution in [0.3, 0.4) is 0 Å². The van der Waals surface area contributed by atoms with E-state index >= 15 is 0 Å². The van der Waals surface area contributed by atoms with Crippen molar-refractivity contribution in [3.8, 4) is 6.07 Å². The van der Waals surface area contributed by atoms with Crippen LogP contribution in [0, 0.1) is 11.3 Å². The summed E-state index contributed by atoms with van der Waals surface area (Å²) in [6.07, 6.45) is 3.24. The van der Waals surface area contributed by atoms with E-state index in [-0.39, 0.29) is 0 Å². The minimum atomic E-state index is 0.354. The standard InChI is InChI=1S/C7H6ClN3/c1-6(8)5-11-3-2-10-7(11)4-9/h2-3H,1,5H2. The highest BCUT2D eigenvalue weighted by molar-refractivity contribution is 6.29. The highest BCUT2D eigenvalue weighted by Gasteiger charge is 1.99. The van der Waals surface area contributed by atoms with Crippen LogP contribution in [0.25, 0.3) is 0 Å². The molecule has 3 nitrogen and oxygen atoms in total.